The van der Waals surface area contributed by atoms with E-state index in [0.29, 0.717) is 30.7 Å². The lowest BCUT2D eigenvalue weighted by Crippen LogP contribution is -2.58. The van der Waals surface area contributed by atoms with Crippen LogP contribution >= 0.6 is 0 Å². The Kier molecular flexibility index (Phi) is 7.44. The van der Waals surface area contributed by atoms with Crippen molar-refractivity contribution in [3.63, 3.8) is 0 Å². The van der Waals surface area contributed by atoms with E-state index in [1.807, 2.05) is 59.8 Å². The van der Waals surface area contributed by atoms with Gasteiger partial charge in [-0.1, -0.05) is 35.6 Å². The Bertz CT molecular complexity index is 1120. The van der Waals surface area contributed by atoms with Crippen LogP contribution in [0.2, 0.25) is 0 Å². The number of aromatic nitrogens is 3. The number of amides is 1. The molecule has 7 heteroatoms. The highest BCUT2D eigenvalue weighted by Gasteiger charge is 2.35. The molecule has 180 valence electrons. The van der Waals surface area contributed by atoms with E-state index in [1.54, 1.807) is 0 Å². The minimum atomic E-state index is -0.117. The molecule has 0 radical (unpaired) electrons. The summed E-state index contributed by atoms with van der Waals surface area (Å²) in [6.07, 6.45) is 1.86. The van der Waals surface area contributed by atoms with Crippen LogP contribution in [0.15, 0.2) is 61.2 Å². The Morgan fingerprint density at radius 1 is 1.09 bits per heavy atom. The molecule has 1 amide bonds. The summed E-state index contributed by atoms with van der Waals surface area (Å²) in [6.45, 7) is 16.6. The zero-order chi connectivity index (χ0) is 24.2. The molecule has 7 nitrogen and oxygen atoms in total. The lowest BCUT2D eigenvalue weighted by Gasteiger charge is -2.47. The van der Waals surface area contributed by atoms with Gasteiger partial charge >= 0.3 is 0 Å². The van der Waals surface area contributed by atoms with Crippen LogP contribution in [0.5, 0.6) is 0 Å². The number of piperazine rings is 1. The van der Waals surface area contributed by atoms with E-state index in [1.165, 1.54) is 0 Å². The Morgan fingerprint density at radius 2 is 1.79 bits per heavy atom. The predicted octanol–water partition coefficient (Wildman–Crippen LogP) is 4.04. The number of carbonyl (C=O) groups excluding carboxylic acids is 1. The average Bonchev–Trinajstić information content (AvgIpc) is 3.27. The maximum atomic E-state index is 12.9. The van der Waals surface area contributed by atoms with Crippen molar-refractivity contribution < 1.29 is 4.79 Å². The number of hydrogen-bond acceptors (Lipinski definition) is 5. The van der Waals surface area contributed by atoms with Gasteiger partial charge in [-0.25, -0.2) is 4.68 Å². The fraction of sp³-hybridized carbons (Fsp3) is 0.444. The van der Waals surface area contributed by atoms with Crippen molar-refractivity contribution in [2.45, 2.75) is 45.9 Å². The van der Waals surface area contributed by atoms with Crippen molar-refractivity contribution in [3.8, 4) is 0 Å². The molecule has 0 aliphatic carbocycles. The first kappa shape index (κ1) is 24.1. The molecule has 0 saturated carbocycles. The van der Waals surface area contributed by atoms with Crippen LogP contribution in [0.1, 0.15) is 49.8 Å². The van der Waals surface area contributed by atoms with E-state index in [4.69, 9.17) is 0 Å². The largest absolute Gasteiger partial charge is 0.339 e. The Morgan fingerprint density at radius 3 is 2.47 bits per heavy atom. The molecule has 3 atom stereocenters. The van der Waals surface area contributed by atoms with Gasteiger partial charge in [0, 0.05) is 50.4 Å². The van der Waals surface area contributed by atoms with Crippen LogP contribution in [0.4, 0.5) is 0 Å². The number of benzene rings is 2. The van der Waals surface area contributed by atoms with Gasteiger partial charge in [-0.15, -0.1) is 11.7 Å². The normalized spacial score (nSPS) is 20.4. The SMILES string of the molecule is C=CCN1C[C@@H](C)N(C(c2ccc(C(=O)N(CC)CC)cc2)n2nnc3ccccc32)C[C@@H]1C. The third-order valence-corrected chi connectivity index (χ3v) is 6.96. The van der Waals surface area contributed by atoms with E-state index >= 15 is 0 Å². The second-order valence-corrected chi connectivity index (χ2v) is 9.13. The fourth-order valence-corrected chi connectivity index (χ4v) is 5.02. The summed E-state index contributed by atoms with van der Waals surface area (Å²) in [4.78, 5) is 19.7. The quantitative estimate of drug-likeness (QED) is 0.475. The van der Waals surface area contributed by atoms with Gasteiger partial charge in [-0.05, 0) is 57.5 Å². The van der Waals surface area contributed by atoms with Gasteiger partial charge in [0.1, 0.15) is 11.7 Å². The molecule has 2 heterocycles. The van der Waals surface area contributed by atoms with Crippen LogP contribution < -0.4 is 0 Å². The van der Waals surface area contributed by atoms with Gasteiger partial charge in [0.05, 0.1) is 5.52 Å². The number of hydrogen-bond donors (Lipinski definition) is 0. The second kappa shape index (κ2) is 10.5. The van der Waals surface area contributed by atoms with Crippen LogP contribution in [0, 0.1) is 0 Å². The summed E-state index contributed by atoms with van der Waals surface area (Å²) in [7, 11) is 0. The molecule has 0 spiro atoms. The predicted molar refractivity (Wildman–Crippen MR) is 137 cm³/mol. The van der Waals surface area contributed by atoms with Crippen molar-refractivity contribution in [3.05, 3.63) is 72.3 Å². The first-order valence-electron chi connectivity index (χ1n) is 12.3. The number of rotatable bonds is 8. The van der Waals surface area contributed by atoms with Crippen LogP contribution in [-0.4, -0.2) is 80.4 Å². The highest BCUT2D eigenvalue weighted by Crippen LogP contribution is 2.31. The summed E-state index contributed by atoms with van der Waals surface area (Å²) >= 11 is 0. The van der Waals surface area contributed by atoms with Gasteiger partial charge in [0.25, 0.3) is 5.91 Å². The number of fused-ring (bicyclic) bond motifs is 1. The molecule has 0 bridgehead atoms. The Labute approximate surface area is 202 Å². The highest BCUT2D eigenvalue weighted by atomic mass is 16.2. The molecule has 1 aliphatic rings. The van der Waals surface area contributed by atoms with Gasteiger partial charge < -0.3 is 4.90 Å². The van der Waals surface area contributed by atoms with Crippen LogP contribution in [0.25, 0.3) is 11.0 Å². The summed E-state index contributed by atoms with van der Waals surface area (Å²) in [5, 5.41) is 9.04. The maximum Gasteiger partial charge on any atom is 0.253 e. The van der Waals surface area contributed by atoms with Crippen molar-refractivity contribution in [2.75, 3.05) is 32.7 Å². The van der Waals surface area contributed by atoms with E-state index in [9.17, 15) is 4.79 Å². The zero-order valence-corrected chi connectivity index (χ0v) is 20.8. The number of para-hydroxylation sites is 1. The summed E-state index contributed by atoms with van der Waals surface area (Å²) < 4.78 is 2.03. The van der Waals surface area contributed by atoms with Crippen molar-refractivity contribution in [1.82, 2.24) is 29.7 Å². The molecule has 1 fully saturated rings. The second-order valence-electron chi connectivity index (χ2n) is 9.13. The maximum absolute atomic E-state index is 12.9. The average molecular weight is 461 g/mol. The van der Waals surface area contributed by atoms with Crippen molar-refractivity contribution in [2.24, 2.45) is 0 Å². The summed E-state index contributed by atoms with van der Waals surface area (Å²) in [5.41, 5.74) is 3.70. The van der Waals surface area contributed by atoms with Crippen LogP contribution in [0.3, 0.4) is 0 Å². The fourth-order valence-electron chi connectivity index (χ4n) is 5.02. The number of nitrogens with zero attached hydrogens (tertiary/aromatic N) is 6. The molecule has 0 N–H and O–H groups in total. The Hall–Kier alpha value is -3.03. The van der Waals surface area contributed by atoms with Gasteiger partial charge in [-0.2, -0.15) is 0 Å². The molecule has 1 saturated heterocycles. The topological polar surface area (TPSA) is 57.5 Å². The molecule has 34 heavy (non-hydrogen) atoms. The molecular formula is C27H36N6O. The third-order valence-electron chi connectivity index (χ3n) is 6.96. The third kappa shape index (κ3) is 4.63. The first-order valence-corrected chi connectivity index (χ1v) is 12.3. The van der Waals surface area contributed by atoms with Gasteiger partial charge in [0.2, 0.25) is 0 Å². The van der Waals surface area contributed by atoms with Crippen LogP contribution in [-0.2, 0) is 0 Å². The first-order chi connectivity index (χ1) is 16.5. The zero-order valence-electron chi connectivity index (χ0n) is 20.8. The number of carbonyl (C=O) groups is 1. The van der Waals surface area contributed by atoms with E-state index in [-0.39, 0.29) is 12.1 Å². The molecule has 1 unspecified atom stereocenters. The monoisotopic (exact) mass is 460 g/mol. The highest BCUT2D eigenvalue weighted by molar-refractivity contribution is 5.94. The minimum absolute atomic E-state index is 0.0688. The molecule has 2 aromatic carbocycles. The van der Waals surface area contributed by atoms with E-state index in [0.717, 1.165) is 36.2 Å². The smallest absolute Gasteiger partial charge is 0.253 e. The summed E-state index contributed by atoms with van der Waals surface area (Å²) in [5.74, 6) is 0.0688. The van der Waals surface area contributed by atoms with Crippen molar-refractivity contribution >= 4 is 16.9 Å². The van der Waals surface area contributed by atoms with E-state index < -0.39 is 0 Å². The minimum Gasteiger partial charge on any atom is -0.339 e. The molecule has 4 rings (SSSR count). The summed E-state index contributed by atoms with van der Waals surface area (Å²) in [6, 6.07) is 16.8. The molecule has 3 aromatic rings. The standard InChI is InChI=1S/C27H36N6O/c1-6-17-31-18-21(5)32(19-20(31)4)26(33-25-12-10-9-11-24(25)28-29-33)22-13-15-23(16-14-22)27(34)30(7-2)8-3/h6,9-16,20-21,26H,1,7-8,17-19H2,2-5H3/t20-,21+,26?/m0/s1. The lowest BCUT2D eigenvalue weighted by atomic mass is 10.0. The molecule has 1 aromatic heterocycles. The Balaban J connectivity index is 1.73. The van der Waals surface area contributed by atoms with Crippen molar-refractivity contribution in [1.29, 1.82) is 0 Å². The van der Waals surface area contributed by atoms with E-state index in [2.05, 4.69) is 58.7 Å². The van der Waals surface area contributed by atoms with Gasteiger partial charge in [0.15, 0.2) is 0 Å². The molecule has 1 aliphatic heterocycles. The van der Waals surface area contributed by atoms with Gasteiger partial charge in [-0.3, -0.25) is 14.6 Å². The molecular weight excluding hydrogens is 424 g/mol. The lowest BCUT2D eigenvalue weighted by molar-refractivity contribution is 0.00787.